The summed E-state index contributed by atoms with van der Waals surface area (Å²) in [7, 11) is 1.70. The smallest absolute Gasteiger partial charge is 0.251 e. The molecule has 0 aliphatic rings. The summed E-state index contributed by atoms with van der Waals surface area (Å²) in [5.74, 6) is 0.977. The molecule has 2 aromatic rings. The van der Waals surface area contributed by atoms with Crippen LogP contribution in [0.5, 0.6) is 11.5 Å². The number of amides is 2. The van der Waals surface area contributed by atoms with Crippen LogP contribution in [-0.2, 0) is 11.3 Å². The normalized spacial score (nSPS) is 10.3. The summed E-state index contributed by atoms with van der Waals surface area (Å²) in [6.45, 7) is 8.31. The zero-order chi connectivity index (χ0) is 21.2. The van der Waals surface area contributed by atoms with E-state index in [-0.39, 0.29) is 24.5 Å². The van der Waals surface area contributed by atoms with Crippen molar-refractivity contribution in [2.45, 2.75) is 26.5 Å². The molecule has 0 fully saturated rings. The van der Waals surface area contributed by atoms with Crippen LogP contribution in [0.15, 0.2) is 61.2 Å². The van der Waals surface area contributed by atoms with Gasteiger partial charge in [0.25, 0.3) is 5.91 Å². The second-order valence-corrected chi connectivity index (χ2v) is 6.87. The zero-order valence-electron chi connectivity index (χ0n) is 17.2. The molecule has 154 valence electrons. The minimum Gasteiger partial charge on any atom is -0.491 e. The fourth-order valence-corrected chi connectivity index (χ4v) is 2.56. The maximum Gasteiger partial charge on any atom is 0.251 e. The Morgan fingerprint density at radius 2 is 1.69 bits per heavy atom. The Hall–Kier alpha value is -3.28. The van der Waals surface area contributed by atoms with E-state index in [1.54, 1.807) is 42.3 Å². The molecule has 0 radical (unpaired) electrons. The van der Waals surface area contributed by atoms with E-state index in [0.29, 0.717) is 24.5 Å². The summed E-state index contributed by atoms with van der Waals surface area (Å²) < 4.78 is 11.0. The number of likely N-dealkylation sites (N-methyl/N-ethyl adjacent to an activating group) is 1. The van der Waals surface area contributed by atoms with Gasteiger partial charge < -0.3 is 19.7 Å². The zero-order valence-corrected chi connectivity index (χ0v) is 17.2. The third kappa shape index (κ3) is 7.33. The van der Waals surface area contributed by atoms with Crippen LogP contribution in [0.1, 0.15) is 29.8 Å². The molecule has 0 aliphatic heterocycles. The summed E-state index contributed by atoms with van der Waals surface area (Å²) >= 11 is 0. The maximum absolute atomic E-state index is 12.3. The third-order valence-electron chi connectivity index (χ3n) is 4.03. The minimum absolute atomic E-state index is 0.0682. The number of carbonyl (C=O) groups excluding carboxylic acids is 2. The van der Waals surface area contributed by atoms with Crippen LogP contribution in [-0.4, -0.2) is 43.0 Å². The van der Waals surface area contributed by atoms with Gasteiger partial charge in [-0.25, -0.2) is 0 Å². The standard InChI is InChI=1S/C23H28N2O4/c1-5-14-28-20-10-6-18(7-11-20)16-25(4)22(26)15-24-23(27)19-8-12-21(13-9-19)29-17(2)3/h5-13,17H,1,14-16H2,2-4H3,(H,24,27). The van der Waals surface area contributed by atoms with Gasteiger partial charge in [-0.2, -0.15) is 0 Å². The summed E-state index contributed by atoms with van der Waals surface area (Å²) in [6, 6.07) is 14.4. The molecule has 0 heterocycles. The molecule has 2 rings (SSSR count). The van der Waals surface area contributed by atoms with Gasteiger partial charge in [0, 0.05) is 19.2 Å². The van der Waals surface area contributed by atoms with E-state index in [2.05, 4.69) is 11.9 Å². The topological polar surface area (TPSA) is 67.9 Å². The van der Waals surface area contributed by atoms with E-state index in [0.717, 1.165) is 11.3 Å². The highest BCUT2D eigenvalue weighted by molar-refractivity contribution is 5.96. The first-order valence-corrected chi connectivity index (χ1v) is 9.50. The largest absolute Gasteiger partial charge is 0.491 e. The van der Waals surface area contributed by atoms with Gasteiger partial charge in [0.05, 0.1) is 12.6 Å². The van der Waals surface area contributed by atoms with Crippen molar-refractivity contribution in [2.75, 3.05) is 20.2 Å². The SMILES string of the molecule is C=CCOc1ccc(CN(C)C(=O)CNC(=O)c2ccc(OC(C)C)cc2)cc1. The predicted octanol–water partition coefficient (Wildman–Crippen LogP) is 3.43. The van der Waals surface area contributed by atoms with Crippen molar-refractivity contribution in [3.63, 3.8) is 0 Å². The van der Waals surface area contributed by atoms with Crippen molar-refractivity contribution in [3.8, 4) is 11.5 Å². The van der Waals surface area contributed by atoms with Crippen LogP contribution in [0.2, 0.25) is 0 Å². The fraction of sp³-hybridized carbons (Fsp3) is 0.304. The van der Waals surface area contributed by atoms with Crippen molar-refractivity contribution in [1.82, 2.24) is 10.2 Å². The molecule has 0 aliphatic carbocycles. The van der Waals surface area contributed by atoms with Crippen molar-refractivity contribution >= 4 is 11.8 Å². The molecule has 2 aromatic carbocycles. The first kappa shape index (κ1) is 22.0. The average molecular weight is 396 g/mol. The highest BCUT2D eigenvalue weighted by Crippen LogP contribution is 2.14. The number of nitrogens with zero attached hydrogens (tertiary/aromatic N) is 1. The van der Waals surface area contributed by atoms with Crippen LogP contribution >= 0.6 is 0 Å². The van der Waals surface area contributed by atoms with Crippen LogP contribution in [0, 0.1) is 0 Å². The molecule has 0 unspecified atom stereocenters. The molecule has 0 bridgehead atoms. The second-order valence-electron chi connectivity index (χ2n) is 6.87. The Kier molecular flexibility index (Phi) is 8.27. The maximum atomic E-state index is 12.3. The summed E-state index contributed by atoms with van der Waals surface area (Å²) in [5.41, 5.74) is 1.45. The Morgan fingerprint density at radius 3 is 2.28 bits per heavy atom. The minimum atomic E-state index is -0.299. The molecular weight excluding hydrogens is 368 g/mol. The van der Waals surface area contributed by atoms with Crippen molar-refractivity contribution in [1.29, 1.82) is 0 Å². The molecule has 6 nitrogen and oxygen atoms in total. The molecular formula is C23H28N2O4. The Balaban J connectivity index is 1.81. The molecule has 0 spiro atoms. The van der Waals surface area contributed by atoms with Crippen molar-refractivity contribution < 1.29 is 19.1 Å². The van der Waals surface area contributed by atoms with Crippen LogP contribution < -0.4 is 14.8 Å². The second kappa shape index (κ2) is 10.9. The van der Waals surface area contributed by atoms with E-state index < -0.39 is 0 Å². The molecule has 0 aromatic heterocycles. The highest BCUT2D eigenvalue weighted by Gasteiger charge is 2.12. The number of benzene rings is 2. The van der Waals surface area contributed by atoms with E-state index in [1.165, 1.54) is 0 Å². The Morgan fingerprint density at radius 1 is 1.07 bits per heavy atom. The summed E-state index contributed by atoms with van der Waals surface area (Å²) in [4.78, 5) is 26.1. The monoisotopic (exact) mass is 396 g/mol. The molecule has 0 saturated carbocycles. The number of nitrogens with one attached hydrogen (secondary N) is 1. The average Bonchev–Trinajstić information content (AvgIpc) is 2.71. The van der Waals surface area contributed by atoms with Crippen molar-refractivity contribution in [2.24, 2.45) is 0 Å². The molecule has 0 saturated heterocycles. The fourth-order valence-electron chi connectivity index (χ4n) is 2.56. The van der Waals surface area contributed by atoms with Gasteiger partial charge in [0.1, 0.15) is 18.1 Å². The van der Waals surface area contributed by atoms with E-state index in [4.69, 9.17) is 9.47 Å². The van der Waals surface area contributed by atoms with Gasteiger partial charge in [-0.15, -0.1) is 0 Å². The first-order valence-electron chi connectivity index (χ1n) is 9.50. The lowest BCUT2D eigenvalue weighted by atomic mass is 10.2. The molecule has 6 heteroatoms. The molecule has 0 atom stereocenters. The molecule has 29 heavy (non-hydrogen) atoms. The third-order valence-corrected chi connectivity index (χ3v) is 4.03. The van der Waals surface area contributed by atoms with Crippen LogP contribution in [0.25, 0.3) is 0 Å². The van der Waals surface area contributed by atoms with Crippen LogP contribution in [0.4, 0.5) is 0 Å². The van der Waals surface area contributed by atoms with Gasteiger partial charge in [-0.05, 0) is 55.8 Å². The molecule has 2 amide bonds. The van der Waals surface area contributed by atoms with Crippen molar-refractivity contribution in [3.05, 3.63) is 72.3 Å². The Labute approximate surface area is 172 Å². The van der Waals surface area contributed by atoms with Gasteiger partial charge >= 0.3 is 0 Å². The lowest BCUT2D eigenvalue weighted by molar-refractivity contribution is -0.129. The number of ether oxygens (including phenoxy) is 2. The van der Waals surface area contributed by atoms with Gasteiger partial charge in [0.2, 0.25) is 5.91 Å². The van der Waals surface area contributed by atoms with Crippen LogP contribution in [0.3, 0.4) is 0 Å². The molecule has 1 N–H and O–H groups in total. The highest BCUT2D eigenvalue weighted by atomic mass is 16.5. The van der Waals surface area contributed by atoms with E-state index in [9.17, 15) is 9.59 Å². The lowest BCUT2D eigenvalue weighted by Crippen LogP contribution is -2.37. The van der Waals surface area contributed by atoms with Gasteiger partial charge in [-0.1, -0.05) is 24.8 Å². The first-order chi connectivity index (χ1) is 13.9. The Bertz CT molecular complexity index is 814. The van der Waals surface area contributed by atoms with Gasteiger partial charge in [0.15, 0.2) is 0 Å². The number of rotatable bonds is 10. The number of hydrogen-bond acceptors (Lipinski definition) is 4. The van der Waals surface area contributed by atoms with E-state index >= 15 is 0 Å². The quantitative estimate of drug-likeness (QED) is 0.625. The summed E-state index contributed by atoms with van der Waals surface area (Å²) in [6.07, 6.45) is 1.75. The predicted molar refractivity (Wildman–Crippen MR) is 113 cm³/mol. The summed E-state index contributed by atoms with van der Waals surface area (Å²) in [5, 5.41) is 2.66. The van der Waals surface area contributed by atoms with E-state index in [1.807, 2.05) is 38.1 Å². The number of hydrogen-bond donors (Lipinski definition) is 1. The van der Waals surface area contributed by atoms with Gasteiger partial charge in [-0.3, -0.25) is 9.59 Å². The number of carbonyl (C=O) groups is 2. The lowest BCUT2D eigenvalue weighted by Gasteiger charge is -2.18.